The van der Waals surface area contributed by atoms with Crippen molar-refractivity contribution >= 4 is 17.6 Å². The van der Waals surface area contributed by atoms with E-state index in [-0.39, 0.29) is 17.1 Å². The predicted octanol–water partition coefficient (Wildman–Crippen LogP) is 3.26. The first-order valence-electron chi connectivity index (χ1n) is 7.84. The Morgan fingerprint density at radius 2 is 1.72 bits per heavy atom. The third kappa shape index (κ3) is 3.45. The van der Waals surface area contributed by atoms with Crippen LogP contribution in [0.2, 0.25) is 0 Å². The van der Waals surface area contributed by atoms with Gasteiger partial charge in [0.25, 0.3) is 5.91 Å². The van der Waals surface area contributed by atoms with Crippen molar-refractivity contribution in [3.63, 3.8) is 0 Å². The number of urea groups is 1. The second-order valence-electron chi connectivity index (χ2n) is 6.08. The first-order chi connectivity index (χ1) is 11.9. The maximum atomic E-state index is 13.5. The number of hydrogen-bond acceptors (Lipinski definition) is 2. The molecule has 0 spiro atoms. The van der Waals surface area contributed by atoms with Gasteiger partial charge >= 0.3 is 6.03 Å². The molecule has 2 aromatic rings. The molecule has 130 valence electrons. The van der Waals surface area contributed by atoms with Crippen LogP contribution >= 0.6 is 0 Å². The largest absolute Gasteiger partial charge is 0.366 e. The van der Waals surface area contributed by atoms with Gasteiger partial charge in [-0.3, -0.25) is 4.79 Å². The number of anilines is 1. The molecule has 0 unspecified atom stereocenters. The fraction of sp³-hybridized carbons (Fsp3) is 0.222. The molecule has 1 aliphatic rings. The van der Waals surface area contributed by atoms with E-state index in [1.807, 2.05) is 0 Å². The number of carbonyl (C=O) groups excluding carboxylic acids is 2. The highest BCUT2D eigenvalue weighted by Gasteiger charge is 2.40. The number of carbonyl (C=O) groups is 2. The molecule has 3 rings (SSSR count). The van der Waals surface area contributed by atoms with Gasteiger partial charge in [-0.2, -0.15) is 0 Å². The van der Waals surface area contributed by atoms with E-state index < -0.39 is 23.3 Å². The van der Waals surface area contributed by atoms with E-state index in [1.165, 1.54) is 24.3 Å². The third-order valence-corrected chi connectivity index (χ3v) is 4.45. The molecule has 0 saturated heterocycles. The lowest BCUT2D eigenvalue weighted by Crippen LogP contribution is -2.52. The molecule has 0 atom stereocenters. The Bertz CT molecular complexity index is 818. The summed E-state index contributed by atoms with van der Waals surface area (Å²) in [5.74, 6) is -2.00. The zero-order chi connectivity index (χ0) is 18.0. The molecular weight excluding hydrogens is 328 g/mol. The van der Waals surface area contributed by atoms with Crippen LogP contribution in [0.1, 0.15) is 35.2 Å². The maximum Gasteiger partial charge on any atom is 0.319 e. The highest BCUT2D eigenvalue weighted by molar-refractivity contribution is 5.96. The zero-order valence-electron chi connectivity index (χ0n) is 13.3. The van der Waals surface area contributed by atoms with Gasteiger partial charge in [0.2, 0.25) is 0 Å². The van der Waals surface area contributed by atoms with E-state index in [0.29, 0.717) is 0 Å². The first kappa shape index (κ1) is 16.9. The van der Waals surface area contributed by atoms with Crippen molar-refractivity contribution < 1.29 is 18.4 Å². The first-order valence-corrected chi connectivity index (χ1v) is 7.84. The minimum atomic E-state index is -0.914. The number of halogens is 2. The van der Waals surface area contributed by atoms with Crippen molar-refractivity contribution in [3.05, 3.63) is 65.2 Å². The summed E-state index contributed by atoms with van der Waals surface area (Å²) in [6.07, 6.45) is 2.42. The maximum absolute atomic E-state index is 13.5. The molecule has 3 amide bonds. The van der Waals surface area contributed by atoms with Crippen LogP contribution in [-0.4, -0.2) is 11.9 Å². The molecular formula is C18H17F2N3O2. The number of hydrogen-bond donors (Lipinski definition) is 3. The number of rotatable bonds is 4. The Morgan fingerprint density at radius 1 is 1.04 bits per heavy atom. The van der Waals surface area contributed by atoms with E-state index in [4.69, 9.17) is 5.73 Å². The van der Waals surface area contributed by atoms with Gasteiger partial charge in [0.15, 0.2) is 0 Å². The van der Waals surface area contributed by atoms with Crippen LogP contribution in [0, 0.1) is 11.6 Å². The third-order valence-electron chi connectivity index (χ3n) is 4.45. The number of primary amides is 1. The highest BCUT2D eigenvalue weighted by atomic mass is 19.1. The lowest BCUT2D eigenvalue weighted by Gasteiger charge is -2.43. The van der Waals surface area contributed by atoms with Crippen LogP contribution in [0.3, 0.4) is 0 Å². The summed E-state index contributed by atoms with van der Waals surface area (Å²) in [5, 5.41) is 5.47. The van der Waals surface area contributed by atoms with Crippen molar-refractivity contribution in [2.24, 2.45) is 5.73 Å². The monoisotopic (exact) mass is 345 g/mol. The Balaban J connectivity index is 1.74. The molecule has 1 fully saturated rings. The van der Waals surface area contributed by atoms with Crippen LogP contribution in [0.5, 0.6) is 0 Å². The van der Waals surface area contributed by atoms with Crippen molar-refractivity contribution in [2.75, 3.05) is 5.32 Å². The number of nitrogens with one attached hydrogen (secondary N) is 2. The zero-order valence-corrected chi connectivity index (χ0v) is 13.3. The fourth-order valence-corrected chi connectivity index (χ4v) is 2.96. The van der Waals surface area contributed by atoms with Crippen LogP contribution < -0.4 is 16.4 Å². The molecule has 4 N–H and O–H groups in total. The van der Waals surface area contributed by atoms with Crippen LogP contribution in [0.15, 0.2) is 42.5 Å². The van der Waals surface area contributed by atoms with Gasteiger partial charge in [-0.05, 0) is 55.2 Å². The van der Waals surface area contributed by atoms with Crippen molar-refractivity contribution in [1.82, 2.24) is 5.32 Å². The quantitative estimate of drug-likeness (QED) is 0.795. The van der Waals surface area contributed by atoms with Gasteiger partial charge in [-0.1, -0.05) is 12.1 Å². The van der Waals surface area contributed by atoms with Gasteiger partial charge in [-0.25, -0.2) is 13.6 Å². The normalized spacial score (nSPS) is 15.1. The molecule has 1 saturated carbocycles. The Kier molecular flexibility index (Phi) is 4.39. The van der Waals surface area contributed by atoms with Gasteiger partial charge in [0.05, 0.1) is 11.1 Å². The molecule has 25 heavy (non-hydrogen) atoms. The molecule has 2 aromatic carbocycles. The van der Waals surface area contributed by atoms with E-state index >= 15 is 0 Å². The van der Waals surface area contributed by atoms with E-state index in [9.17, 15) is 18.4 Å². The summed E-state index contributed by atoms with van der Waals surface area (Å²) >= 11 is 0. The topological polar surface area (TPSA) is 84.2 Å². The van der Waals surface area contributed by atoms with Gasteiger partial charge in [0, 0.05) is 5.69 Å². The van der Waals surface area contributed by atoms with E-state index in [0.717, 1.165) is 30.9 Å². The van der Waals surface area contributed by atoms with Gasteiger partial charge in [0.1, 0.15) is 11.6 Å². The standard InChI is InChI=1S/C18H17F2N3O2/c19-12-4-2-11(3-5-12)18(8-1-9-18)23-17(25)22-13-6-7-15(20)14(10-13)16(21)24/h2-7,10H,1,8-9H2,(H2,21,24)(H2,22,23,25). The molecule has 0 aliphatic heterocycles. The second-order valence-corrected chi connectivity index (χ2v) is 6.08. The number of amides is 3. The summed E-state index contributed by atoms with van der Waals surface area (Å²) in [4.78, 5) is 23.5. The molecule has 0 aromatic heterocycles. The summed E-state index contributed by atoms with van der Waals surface area (Å²) in [5.41, 5.74) is 5.33. The molecule has 0 bridgehead atoms. The summed E-state index contributed by atoms with van der Waals surface area (Å²) in [7, 11) is 0. The van der Waals surface area contributed by atoms with Crippen molar-refractivity contribution in [3.8, 4) is 0 Å². The number of nitrogens with two attached hydrogens (primary N) is 1. The minimum Gasteiger partial charge on any atom is -0.366 e. The summed E-state index contributed by atoms with van der Waals surface area (Å²) in [6.45, 7) is 0. The molecule has 7 heteroatoms. The molecule has 0 heterocycles. The highest BCUT2D eigenvalue weighted by Crippen LogP contribution is 2.41. The predicted molar refractivity (Wildman–Crippen MR) is 89.0 cm³/mol. The van der Waals surface area contributed by atoms with Crippen LogP contribution in [0.4, 0.5) is 19.3 Å². The molecule has 5 nitrogen and oxygen atoms in total. The Morgan fingerprint density at radius 3 is 2.28 bits per heavy atom. The average molecular weight is 345 g/mol. The summed E-state index contributed by atoms with van der Waals surface area (Å²) < 4.78 is 26.6. The lowest BCUT2D eigenvalue weighted by molar-refractivity contribution is 0.0996. The van der Waals surface area contributed by atoms with Crippen molar-refractivity contribution in [2.45, 2.75) is 24.8 Å². The smallest absolute Gasteiger partial charge is 0.319 e. The molecule has 1 aliphatic carbocycles. The Hall–Kier alpha value is -2.96. The van der Waals surface area contributed by atoms with Crippen LogP contribution in [0.25, 0.3) is 0 Å². The van der Waals surface area contributed by atoms with E-state index in [1.54, 1.807) is 12.1 Å². The van der Waals surface area contributed by atoms with Gasteiger partial charge < -0.3 is 16.4 Å². The number of benzene rings is 2. The van der Waals surface area contributed by atoms with Crippen LogP contribution in [-0.2, 0) is 5.54 Å². The Labute approximate surface area is 143 Å². The minimum absolute atomic E-state index is 0.251. The average Bonchev–Trinajstić information content (AvgIpc) is 2.53. The van der Waals surface area contributed by atoms with E-state index in [2.05, 4.69) is 10.6 Å². The SMILES string of the molecule is NC(=O)c1cc(NC(=O)NC2(c3ccc(F)cc3)CCC2)ccc1F. The van der Waals surface area contributed by atoms with Crippen molar-refractivity contribution in [1.29, 1.82) is 0 Å². The van der Waals surface area contributed by atoms with Gasteiger partial charge in [-0.15, -0.1) is 0 Å². The summed E-state index contributed by atoms with van der Waals surface area (Å²) in [6, 6.07) is 9.10. The molecule has 0 radical (unpaired) electrons. The lowest BCUT2D eigenvalue weighted by atomic mass is 9.72. The fourth-order valence-electron chi connectivity index (χ4n) is 2.96. The second kappa shape index (κ2) is 6.51.